The molecule has 1 aromatic rings. The van der Waals surface area contributed by atoms with Crippen LogP contribution < -0.4 is 10.6 Å². The molecule has 2 heterocycles. The van der Waals surface area contributed by atoms with Crippen molar-refractivity contribution in [3.8, 4) is 0 Å². The summed E-state index contributed by atoms with van der Waals surface area (Å²) in [7, 11) is 1.75. The quantitative estimate of drug-likeness (QED) is 0.836. The fourth-order valence-electron chi connectivity index (χ4n) is 1.74. The summed E-state index contributed by atoms with van der Waals surface area (Å²) in [5.41, 5.74) is -0.230. The zero-order valence-corrected chi connectivity index (χ0v) is 10.8. The third-order valence-corrected chi connectivity index (χ3v) is 3.70. The molecule has 94 valence electrons. The fourth-order valence-corrected chi connectivity index (χ4v) is 2.35. The minimum atomic E-state index is -0.230. The fraction of sp³-hybridized carbons (Fsp3) is 0.700. The zero-order valence-electron chi connectivity index (χ0n) is 9.95. The van der Waals surface area contributed by atoms with E-state index in [1.807, 2.05) is 6.92 Å². The summed E-state index contributed by atoms with van der Waals surface area (Å²) in [5.74, 6) is -0.194. The molecule has 0 aromatic carbocycles. The maximum atomic E-state index is 11.8. The summed E-state index contributed by atoms with van der Waals surface area (Å²) in [4.78, 5) is 11.8. The number of aromatic nitrogens is 2. The van der Waals surface area contributed by atoms with Crippen molar-refractivity contribution in [2.75, 3.05) is 25.5 Å². The van der Waals surface area contributed by atoms with Gasteiger partial charge in [-0.3, -0.25) is 4.79 Å². The molecular weight excluding hydrogens is 240 g/mol. The van der Waals surface area contributed by atoms with E-state index in [9.17, 15) is 4.79 Å². The summed E-state index contributed by atoms with van der Waals surface area (Å²) in [6.45, 7) is 3.30. The van der Waals surface area contributed by atoms with Gasteiger partial charge in [-0.25, -0.2) is 0 Å². The van der Waals surface area contributed by atoms with Gasteiger partial charge in [0, 0.05) is 20.2 Å². The third-order valence-electron chi connectivity index (χ3n) is 2.76. The van der Waals surface area contributed by atoms with Crippen molar-refractivity contribution in [3.05, 3.63) is 5.01 Å². The van der Waals surface area contributed by atoms with Gasteiger partial charge < -0.3 is 15.4 Å². The molecule has 1 atom stereocenters. The minimum absolute atomic E-state index is 0.194. The van der Waals surface area contributed by atoms with Gasteiger partial charge in [0.1, 0.15) is 0 Å². The predicted molar refractivity (Wildman–Crippen MR) is 65.4 cm³/mol. The Balaban J connectivity index is 1.88. The van der Waals surface area contributed by atoms with Crippen molar-refractivity contribution in [1.82, 2.24) is 15.5 Å². The lowest BCUT2D eigenvalue weighted by atomic mass is 10.0. The number of hydrogen-bond acceptors (Lipinski definition) is 6. The number of rotatable bonds is 4. The second-order valence-electron chi connectivity index (χ2n) is 4.25. The van der Waals surface area contributed by atoms with Gasteiger partial charge in [-0.15, -0.1) is 10.2 Å². The Morgan fingerprint density at radius 1 is 1.59 bits per heavy atom. The molecule has 0 aliphatic carbocycles. The molecule has 0 radical (unpaired) electrons. The number of ether oxygens (including phenoxy) is 1. The summed E-state index contributed by atoms with van der Waals surface area (Å²) >= 11 is 1.24. The van der Waals surface area contributed by atoms with Crippen LogP contribution in [0, 0.1) is 0 Å². The smallest absolute Gasteiger partial charge is 0.282 e. The van der Waals surface area contributed by atoms with E-state index in [2.05, 4.69) is 20.8 Å². The minimum Gasteiger partial charge on any atom is -0.373 e. The number of amides is 1. The lowest BCUT2D eigenvalue weighted by Crippen LogP contribution is -2.40. The van der Waals surface area contributed by atoms with E-state index in [0.717, 1.165) is 19.4 Å². The van der Waals surface area contributed by atoms with Crippen LogP contribution in [0.2, 0.25) is 0 Å². The number of carbonyl (C=O) groups excluding carboxylic acids is 1. The Bertz CT molecular complexity index is 401. The van der Waals surface area contributed by atoms with E-state index in [0.29, 0.717) is 16.7 Å². The van der Waals surface area contributed by atoms with E-state index < -0.39 is 0 Å². The maximum absolute atomic E-state index is 11.8. The summed E-state index contributed by atoms with van der Waals surface area (Å²) in [5, 5.41) is 14.3. The van der Waals surface area contributed by atoms with Crippen molar-refractivity contribution in [3.63, 3.8) is 0 Å². The number of nitrogens with zero attached hydrogens (tertiary/aromatic N) is 2. The van der Waals surface area contributed by atoms with Crippen molar-refractivity contribution >= 4 is 22.4 Å². The first-order chi connectivity index (χ1) is 8.13. The van der Waals surface area contributed by atoms with Gasteiger partial charge in [0.15, 0.2) is 0 Å². The van der Waals surface area contributed by atoms with Gasteiger partial charge in [0.2, 0.25) is 10.1 Å². The van der Waals surface area contributed by atoms with E-state index >= 15 is 0 Å². The third kappa shape index (κ3) is 2.92. The van der Waals surface area contributed by atoms with Crippen LogP contribution in [-0.2, 0) is 4.74 Å². The summed E-state index contributed by atoms with van der Waals surface area (Å²) in [6, 6.07) is 0. The molecule has 2 rings (SSSR count). The molecule has 0 saturated carbocycles. The highest BCUT2D eigenvalue weighted by Gasteiger charge is 2.30. The molecule has 0 spiro atoms. The van der Waals surface area contributed by atoms with E-state index in [1.54, 1.807) is 7.05 Å². The zero-order chi connectivity index (χ0) is 12.3. The van der Waals surface area contributed by atoms with Crippen LogP contribution in [0.5, 0.6) is 0 Å². The van der Waals surface area contributed by atoms with Crippen molar-refractivity contribution in [2.45, 2.75) is 25.4 Å². The van der Waals surface area contributed by atoms with E-state index in [4.69, 9.17) is 4.74 Å². The van der Waals surface area contributed by atoms with Gasteiger partial charge in [0.05, 0.1) is 5.60 Å². The highest BCUT2D eigenvalue weighted by atomic mass is 32.1. The molecule has 7 heteroatoms. The first-order valence-corrected chi connectivity index (χ1v) is 6.38. The largest absolute Gasteiger partial charge is 0.373 e. The van der Waals surface area contributed by atoms with Crippen LogP contribution in [0.4, 0.5) is 5.13 Å². The Morgan fingerprint density at radius 2 is 2.41 bits per heavy atom. The number of anilines is 1. The van der Waals surface area contributed by atoms with Crippen LogP contribution >= 0.6 is 11.3 Å². The predicted octanol–water partition coefficient (Wildman–Crippen LogP) is 0.879. The average Bonchev–Trinajstić information content (AvgIpc) is 2.95. The molecule has 17 heavy (non-hydrogen) atoms. The first kappa shape index (κ1) is 12.3. The Labute approximate surface area is 104 Å². The van der Waals surface area contributed by atoms with Gasteiger partial charge in [-0.2, -0.15) is 0 Å². The summed E-state index contributed by atoms with van der Waals surface area (Å²) < 4.78 is 5.59. The molecule has 1 saturated heterocycles. The Hall–Kier alpha value is -1.21. The topological polar surface area (TPSA) is 76.1 Å². The monoisotopic (exact) mass is 256 g/mol. The van der Waals surface area contributed by atoms with E-state index in [-0.39, 0.29) is 11.5 Å². The standard InChI is InChI=1S/C10H16N4O2S/c1-10(4-3-5-16-10)6-12-7(15)8-13-14-9(11-2)17-8/h3-6H2,1-2H3,(H,11,14)(H,12,15). The maximum Gasteiger partial charge on any atom is 0.282 e. The van der Waals surface area contributed by atoms with Gasteiger partial charge in [-0.1, -0.05) is 11.3 Å². The summed E-state index contributed by atoms with van der Waals surface area (Å²) in [6.07, 6.45) is 2.03. The highest BCUT2D eigenvalue weighted by molar-refractivity contribution is 7.17. The molecular formula is C10H16N4O2S. The van der Waals surface area contributed by atoms with Crippen LogP contribution in [0.1, 0.15) is 29.6 Å². The normalized spacial score (nSPS) is 23.6. The molecule has 2 N–H and O–H groups in total. The van der Waals surface area contributed by atoms with Crippen LogP contribution in [-0.4, -0.2) is 41.9 Å². The van der Waals surface area contributed by atoms with E-state index in [1.165, 1.54) is 11.3 Å². The van der Waals surface area contributed by atoms with Crippen LogP contribution in [0.3, 0.4) is 0 Å². The molecule has 1 aliphatic rings. The number of nitrogens with one attached hydrogen (secondary N) is 2. The lowest BCUT2D eigenvalue weighted by molar-refractivity contribution is 0.0206. The second-order valence-corrected chi connectivity index (χ2v) is 5.22. The Kier molecular flexibility index (Phi) is 3.58. The van der Waals surface area contributed by atoms with Crippen LogP contribution in [0.15, 0.2) is 0 Å². The lowest BCUT2D eigenvalue weighted by Gasteiger charge is -2.22. The van der Waals surface area contributed by atoms with Crippen molar-refractivity contribution < 1.29 is 9.53 Å². The van der Waals surface area contributed by atoms with Gasteiger partial charge in [-0.05, 0) is 19.8 Å². The highest BCUT2D eigenvalue weighted by Crippen LogP contribution is 2.24. The molecule has 1 unspecified atom stereocenters. The number of carbonyl (C=O) groups is 1. The second kappa shape index (κ2) is 4.97. The Morgan fingerprint density at radius 3 is 3.00 bits per heavy atom. The van der Waals surface area contributed by atoms with Gasteiger partial charge >= 0.3 is 0 Å². The van der Waals surface area contributed by atoms with Crippen molar-refractivity contribution in [2.24, 2.45) is 0 Å². The van der Waals surface area contributed by atoms with Crippen LogP contribution in [0.25, 0.3) is 0 Å². The van der Waals surface area contributed by atoms with Gasteiger partial charge in [0.25, 0.3) is 5.91 Å². The molecule has 0 bridgehead atoms. The molecule has 1 amide bonds. The molecule has 1 aromatic heterocycles. The average molecular weight is 256 g/mol. The van der Waals surface area contributed by atoms with Crippen molar-refractivity contribution in [1.29, 1.82) is 0 Å². The molecule has 1 aliphatic heterocycles. The first-order valence-electron chi connectivity index (χ1n) is 5.56. The molecule has 6 nitrogen and oxygen atoms in total. The molecule has 1 fully saturated rings. The number of hydrogen-bond donors (Lipinski definition) is 2. The SMILES string of the molecule is CNc1nnc(C(=O)NCC2(C)CCCO2)s1.